The number of aryl methyl sites for hydroxylation is 3. The molecule has 0 unspecified atom stereocenters. The minimum Gasteiger partial charge on any atom is -0.333 e. The number of benzene rings is 1. The molecule has 4 rings (SSSR count). The summed E-state index contributed by atoms with van der Waals surface area (Å²) in [6.45, 7) is 6.68. The highest BCUT2D eigenvalue weighted by atomic mass is 16.2. The van der Waals surface area contributed by atoms with Gasteiger partial charge in [-0.05, 0) is 49.6 Å². The highest BCUT2D eigenvalue weighted by molar-refractivity contribution is 5.94. The van der Waals surface area contributed by atoms with Crippen molar-refractivity contribution in [2.24, 2.45) is 0 Å². The summed E-state index contributed by atoms with van der Waals surface area (Å²) in [4.78, 5) is 14.9. The van der Waals surface area contributed by atoms with Gasteiger partial charge in [0, 0.05) is 31.0 Å². The lowest BCUT2D eigenvalue weighted by Crippen LogP contribution is -2.31. The number of amides is 1. The maximum Gasteiger partial charge on any atom is 0.254 e. The lowest BCUT2D eigenvalue weighted by Gasteiger charge is -2.21. The maximum atomic E-state index is 13.0. The van der Waals surface area contributed by atoms with E-state index in [0.29, 0.717) is 13.1 Å². The SMILES string of the molecule is Cc1ccc(C(=O)N2CCCn3nnc(Cn4cccn4)c3C2)cc1C. The molecule has 1 aliphatic heterocycles. The zero-order valence-electron chi connectivity index (χ0n) is 15.1. The second-order valence-corrected chi connectivity index (χ2v) is 6.79. The third-order valence-electron chi connectivity index (χ3n) is 4.97. The van der Waals surface area contributed by atoms with Crippen molar-refractivity contribution in [1.29, 1.82) is 0 Å². The minimum absolute atomic E-state index is 0.0628. The first-order valence-electron chi connectivity index (χ1n) is 8.87. The van der Waals surface area contributed by atoms with E-state index in [1.165, 1.54) is 5.56 Å². The largest absolute Gasteiger partial charge is 0.333 e. The summed E-state index contributed by atoms with van der Waals surface area (Å²) in [6, 6.07) is 7.78. The smallest absolute Gasteiger partial charge is 0.254 e. The summed E-state index contributed by atoms with van der Waals surface area (Å²) in [5.74, 6) is 0.0628. The fourth-order valence-corrected chi connectivity index (χ4v) is 3.29. The van der Waals surface area contributed by atoms with Gasteiger partial charge in [-0.15, -0.1) is 5.10 Å². The lowest BCUT2D eigenvalue weighted by atomic mass is 10.1. The summed E-state index contributed by atoms with van der Waals surface area (Å²) in [6.07, 6.45) is 4.52. The van der Waals surface area contributed by atoms with Gasteiger partial charge < -0.3 is 4.90 Å². The minimum atomic E-state index is 0.0628. The Kier molecular flexibility index (Phi) is 4.28. The molecule has 2 aromatic heterocycles. The molecule has 1 aromatic carbocycles. The summed E-state index contributed by atoms with van der Waals surface area (Å²) in [5.41, 5.74) is 4.93. The Morgan fingerprint density at radius 3 is 2.85 bits per heavy atom. The molecular weight excluding hydrogens is 328 g/mol. The average Bonchev–Trinajstić information content (AvgIpc) is 3.22. The molecule has 0 aliphatic carbocycles. The van der Waals surface area contributed by atoms with Crippen molar-refractivity contribution >= 4 is 5.91 Å². The molecule has 0 spiro atoms. The molecule has 7 nitrogen and oxygen atoms in total. The molecule has 1 aliphatic rings. The molecule has 0 atom stereocenters. The van der Waals surface area contributed by atoms with Crippen LogP contribution in [0.15, 0.2) is 36.7 Å². The molecule has 3 heterocycles. The predicted octanol–water partition coefficient (Wildman–Crippen LogP) is 2.19. The number of fused-ring (bicyclic) bond motifs is 1. The first kappa shape index (κ1) is 16.5. The Hall–Kier alpha value is -2.96. The molecule has 0 fully saturated rings. The zero-order valence-corrected chi connectivity index (χ0v) is 15.1. The highest BCUT2D eigenvalue weighted by Crippen LogP contribution is 2.19. The maximum absolute atomic E-state index is 13.0. The third-order valence-corrected chi connectivity index (χ3v) is 4.97. The van der Waals surface area contributed by atoms with E-state index in [0.717, 1.165) is 42.0 Å². The van der Waals surface area contributed by atoms with Gasteiger partial charge in [0.2, 0.25) is 0 Å². The Morgan fingerprint density at radius 1 is 1.19 bits per heavy atom. The Morgan fingerprint density at radius 2 is 2.08 bits per heavy atom. The summed E-state index contributed by atoms with van der Waals surface area (Å²) >= 11 is 0. The van der Waals surface area contributed by atoms with Crippen molar-refractivity contribution in [1.82, 2.24) is 29.7 Å². The number of aromatic nitrogens is 5. The van der Waals surface area contributed by atoms with Crippen LogP contribution in [0.5, 0.6) is 0 Å². The van der Waals surface area contributed by atoms with Crippen molar-refractivity contribution in [3.8, 4) is 0 Å². The zero-order chi connectivity index (χ0) is 18.1. The summed E-state index contributed by atoms with van der Waals surface area (Å²) < 4.78 is 3.75. The van der Waals surface area contributed by atoms with E-state index in [1.54, 1.807) is 6.20 Å². The standard InChI is InChI=1S/C19H22N6O/c1-14-5-6-16(11-15(14)2)19(26)23-8-4-10-25-18(13-23)17(21-22-25)12-24-9-3-7-20-24/h3,5-7,9,11H,4,8,10,12-13H2,1-2H3. The van der Waals surface area contributed by atoms with Crippen molar-refractivity contribution in [3.63, 3.8) is 0 Å². The van der Waals surface area contributed by atoms with Gasteiger partial charge in [-0.25, -0.2) is 4.68 Å². The molecule has 7 heteroatoms. The lowest BCUT2D eigenvalue weighted by molar-refractivity contribution is 0.0745. The third kappa shape index (κ3) is 3.12. The van der Waals surface area contributed by atoms with Crippen LogP contribution in [0, 0.1) is 13.8 Å². The van der Waals surface area contributed by atoms with Gasteiger partial charge in [0.05, 0.1) is 18.8 Å². The molecule has 134 valence electrons. The van der Waals surface area contributed by atoms with E-state index in [1.807, 2.05) is 51.6 Å². The van der Waals surface area contributed by atoms with Gasteiger partial charge in [-0.2, -0.15) is 5.10 Å². The molecule has 0 radical (unpaired) electrons. The van der Waals surface area contributed by atoms with Crippen molar-refractivity contribution in [2.75, 3.05) is 6.54 Å². The first-order chi connectivity index (χ1) is 12.6. The number of hydrogen-bond donors (Lipinski definition) is 0. The van der Waals surface area contributed by atoms with Crippen LogP contribution in [0.25, 0.3) is 0 Å². The molecule has 26 heavy (non-hydrogen) atoms. The molecular formula is C19H22N6O. The molecule has 0 saturated carbocycles. The van der Waals surface area contributed by atoms with Gasteiger partial charge in [0.15, 0.2) is 0 Å². The first-order valence-corrected chi connectivity index (χ1v) is 8.87. The predicted molar refractivity (Wildman–Crippen MR) is 96.6 cm³/mol. The van der Waals surface area contributed by atoms with E-state index < -0.39 is 0 Å². The summed E-state index contributed by atoms with van der Waals surface area (Å²) in [7, 11) is 0. The average molecular weight is 350 g/mol. The molecule has 0 bridgehead atoms. The fourth-order valence-electron chi connectivity index (χ4n) is 3.29. The van der Waals surface area contributed by atoms with E-state index >= 15 is 0 Å². The molecule has 0 saturated heterocycles. The fraction of sp³-hybridized carbons (Fsp3) is 0.368. The van der Waals surface area contributed by atoms with E-state index in [9.17, 15) is 4.79 Å². The number of rotatable bonds is 3. The number of hydrogen-bond acceptors (Lipinski definition) is 4. The van der Waals surface area contributed by atoms with Crippen molar-refractivity contribution < 1.29 is 4.79 Å². The van der Waals surface area contributed by atoms with E-state index in [2.05, 4.69) is 22.3 Å². The van der Waals surface area contributed by atoms with Crippen LogP contribution in [0.2, 0.25) is 0 Å². The van der Waals surface area contributed by atoms with Crippen LogP contribution >= 0.6 is 0 Å². The number of carbonyl (C=O) groups excluding carboxylic acids is 1. The quantitative estimate of drug-likeness (QED) is 0.726. The van der Waals surface area contributed by atoms with Crippen LogP contribution in [0.4, 0.5) is 0 Å². The van der Waals surface area contributed by atoms with Gasteiger partial charge in [-0.1, -0.05) is 11.3 Å². The van der Waals surface area contributed by atoms with Crippen LogP contribution in [0.3, 0.4) is 0 Å². The highest BCUT2D eigenvalue weighted by Gasteiger charge is 2.24. The molecule has 3 aromatic rings. The monoisotopic (exact) mass is 350 g/mol. The second kappa shape index (κ2) is 6.74. The Balaban J connectivity index is 1.59. The van der Waals surface area contributed by atoms with E-state index in [4.69, 9.17) is 0 Å². The van der Waals surface area contributed by atoms with Crippen LogP contribution in [-0.2, 0) is 19.6 Å². The van der Waals surface area contributed by atoms with Gasteiger partial charge in [0.1, 0.15) is 5.69 Å². The second-order valence-electron chi connectivity index (χ2n) is 6.79. The Bertz CT molecular complexity index is 928. The van der Waals surface area contributed by atoms with Crippen molar-refractivity contribution in [2.45, 2.75) is 39.9 Å². The van der Waals surface area contributed by atoms with E-state index in [-0.39, 0.29) is 5.91 Å². The van der Waals surface area contributed by atoms with Crippen LogP contribution in [-0.4, -0.2) is 42.1 Å². The number of carbonyl (C=O) groups is 1. The Labute approximate surface area is 152 Å². The van der Waals surface area contributed by atoms with Gasteiger partial charge in [0.25, 0.3) is 5.91 Å². The van der Waals surface area contributed by atoms with Crippen molar-refractivity contribution in [3.05, 3.63) is 64.7 Å². The molecule has 0 N–H and O–H groups in total. The van der Waals surface area contributed by atoms with Crippen LogP contribution < -0.4 is 0 Å². The molecule has 1 amide bonds. The topological polar surface area (TPSA) is 68.8 Å². The van der Waals surface area contributed by atoms with Gasteiger partial charge in [-0.3, -0.25) is 9.48 Å². The summed E-state index contributed by atoms with van der Waals surface area (Å²) in [5, 5.41) is 12.8. The van der Waals surface area contributed by atoms with Gasteiger partial charge >= 0.3 is 0 Å². The van der Waals surface area contributed by atoms with Crippen LogP contribution in [0.1, 0.15) is 39.3 Å². The normalized spacial score (nSPS) is 14.2. The number of nitrogens with zero attached hydrogens (tertiary/aromatic N) is 6.